The van der Waals surface area contributed by atoms with Crippen LogP contribution in [0.25, 0.3) is 0 Å². The highest BCUT2D eigenvalue weighted by atomic mass is 35.5. The van der Waals surface area contributed by atoms with Gasteiger partial charge in [-0.15, -0.1) is 0 Å². The lowest BCUT2D eigenvalue weighted by molar-refractivity contribution is -0.137. The number of hydrogen-bond donors (Lipinski definition) is 1. The smallest absolute Gasteiger partial charge is 0.303 e. The fourth-order valence-electron chi connectivity index (χ4n) is 1.40. The lowest BCUT2D eigenvalue weighted by atomic mass is 9.96. The van der Waals surface area contributed by atoms with Crippen LogP contribution in [0.1, 0.15) is 31.2 Å². The maximum absolute atomic E-state index is 10.4. The van der Waals surface area contributed by atoms with E-state index in [1.807, 2.05) is 13.0 Å². The van der Waals surface area contributed by atoms with Crippen LogP contribution in [0.4, 0.5) is 0 Å². The summed E-state index contributed by atoms with van der Waals surface area (Å²) in [4.78, 5) is 10.4. The predicted octanol–water partition coefficient (Wildman–Crippen LogP) is 3.96. The van der Waals surface area contributed by atoms with Crippen molar-refractivity contribution in [1.82, 2.24) is 0 Å². The zero-order chi connectivity index (χ0) is 11.4. The Labute approximate surface area is 98.8 Å². The molecule has 0 aliphatic heterocycles. The molecule has 0 aliphatic rings. The van der Waals surface area contributed by atoms with Crippen LogP contribution < -0.4 is 0 Å². The Morgan fingerprint density at radius 2 is 2.13 bits per heavy atom. The summed E-state index contributed by atoms with van der Waals surface area (Å²) >= 11 is 11.8. The zero-order valence-electron chi connectivity index (χ0n) is 8.34. The monoisotopic (exact) mass is 246 g/mol. The number of rotatable bonds is 4. The zero-order valence-corrected chi connectivity index (χ0v) is 9.85. The molecule has 4 heteroatoms. The average Bonchev–Trinajstić information content (AvgIpc) is 2.14. The van der Waals surface area contributed by atoms with Gasteiger partial charge in [0.15, 0.2) is 0 Å². The quantitative estimate of drug-likeness (QED) is 0.874. The first-order valence-electron chi connectivity index (χ1n) is 4.67. The highest BCUT2D eigenvalue weighted by Gasteiger charge is 2.11. The Bertz CT molecular complexity index is 364. The number of benzene rings is 1. The third-order valence-electron chi connectivity index (χ3n) is 2.28. The van der Waals surface area contributed by atoms with E-state index in [1.165, 1.54) is 0 Å². The Morgan fingerprint density at radius 3 is 2.67 bits per heavy atom. The number of aliphatic carboxylic acids is 1. The number of hydrogen-bond acceptors (Lipinski definition) is 1. The van der Waals surface area contributed by atoms with Crippen LogP contribution in [-0.2, 0) is 4.79 Å². The molecule has 0 radical (unpaired) electrons. The lowest BCUT2D eigenvalue weighted by Gasteiger charge is -2.12. The molecule has 0 amide bonds. The van der Waals surface area contributed by atoms with Crippen molar-refractivity contribution in [2.75, 3.05) is 0 Å². The van der Waals surface area contributed by atoms with Gasteiger partial charge in [0, 0.05) is 16.5 Å². The van der Waals surface area contributed by atoms with E-state index in [2.05, 4.69) is 0 Å². The molecule has 0 fully saturated rings. The van der Waals surface area contributed by atoms with Gasteiger partial charge in [-0.05, 0) is 30.0 Å². The molecule has 0 saturated carbocycles. The van der Waals surface area contributed by atoms with Crippen LogP contribution in [0.5, 0.6) is 0 Å². The summed E-state index contributed by atoms with van der Waals surface area (Å²) in [5.41, 5.74) is 0.947. The van der Waals surface area contributed by atoms with Crippen molar-refractivity contribution in [3.05, 3.63) is 33.8 Å². The van der Waals surface area contributed by atoms with Gasteiger partial charge in [0.2, 0.25) is 0 Å². The second kappa shape index (κ2) is 5.38. The topological polar surface area (TPSA) is 37.3 Å². The Balaban J connectivity index is 2.73. The first kappa shape index (κ1) is 12.3. The van der Waals surface area contributed by atoms with Crippen LogP contribution in [-0.4, -0.2) is 11.1 Å². The SMILES string of the molecule is CC(CCC(=O)O)c1ccc(Cl)cc1Cl. The van der Waals surface area contributed by atoms with Gasteiger partial charge in [-0.1, -0.05) is 36.2 Å². The van der Waals surface area contributed by atoms with Crippen LogP contribution in [0.3, 0.4) is 0 Å². The van der Waals surface area contributed by atoms with Gasteiger partial charge in [-0.2, -0.15) is 0 Å². The van der Waals surface area contributed by atoms with Gasteiger partial charge < -0.3 is 5.11 Å². The van der Waals surface area contributed by atoms with Crippen molar-refractivity contribution in [2.45, 2.75) is 25.7 Å². The van der Waals surface area contributed by atoms with E-state index in [0.29, 0.717) is 16.5 Å². The van der Waals surface area contributed by atoms with Gasteiger partial charge in [0.1, 0.15) is 0 Å². The maximum atomic E-state index is 10.4. The standard InChI is InChI=1S/C11H12Cl2O2/c1-7(2-5-11(14)15)9-4-3-8(12)6-10(9)13/h3-4,6-7H,2,5H2,1H3,(H,14,15). The van der Waals surface area contributed by atoms with Gasteiger partial charge in [-0.25, -0.2) is 0 Å². The molecular weight excluding hydrogens is 235 g/mol. The van der Waals surface area contributed by atoms with E-state index >= 15 is 0 Å². The average molecular weight is 247 g/mol. The van der Waals surface area contributed by atoms with Crippen LogP contribution in [0.15, 0.2) is 18.2 Å². The Hall–Kier alpha value is -0.730. The molecule has 1 rings (SSSR count). The first-order chi connectivity index (χ1) is 7.00. The van der Waals surface area contributed by atoms with E-state index in [-0.39, 0.29) is 12.3 Å². The minimum atomic E-state index is -0.785. The molecule has 1 atom stereocenters. The molecule has 1 N–H and O–H groups in total. The van der Waals surface area contributed by atoms with Gasteiger partial charge in [0.05, 0.1) is 0 Å². The molecular formula is C11H12Cl2O2. The van der Waals surface area contributed by atoms with Crippen molar-refractivity contribution < 1.29 is 9.90 Å². The van der Waals surface area contributed by atoms with Crippen molar-refractivity contribution in [1.29, 1.82) is 0 Å². The highest BCUT2D eigenvalue weighted by molar-refractivity contribution is 6.35. The number of carboxylic acids is 1. The molecule has 1 aromatic rings. The van der Waals surface area contributed by atoms with Gasteiger partial charge in [-0.3, -0.25) is 4.79 Å². The lowest BCUT2D eigenvalue weighted by Crippen LogP contribution is -2.00. The minimum absolute atomic E-state index is 0.130. The number of carbonyl (C=O) groups is 1. The molecule has 0 spiro atoms. The summed E-state index contributed by atoms with van der Waals surface area (Å²) in [6, 6.07) is 5.28. The number of halogens is 2. The fourth-order valence-corrected chi connectivity index (χ4v) is 1.99. The van der Waals surface area contributed by atoms with E-state index in [1.54, 1.807) is 12.1 Å². The fraction of sp³-hybridized carbons (Fsp3) is 0.364. The van der Waals surface area contributed by atoms with Crippen LogP contribution >= 0.6 is 23.2 Å². The van der Waals surface area contributed by atoms with Crippen molar-refractivity contribution in [3.63, 3.8) is 0 Å². The number of carboxylic acid groups (broad SMARTS) is 1. The second-order valence-electron chi connectivity index (χ2n) is 3.50. The van der Waals surface area contributed by atoms with E-state index in [4.69, 9.17) is 28.3 Å². The normalized spacial score (nSPS) is 12.5. The molecule has 0 saturated heterocycles. The molecule has 1 aromatic carbocycles. The Morgan fingerprint density at radius 1 is 1.47 bits per heavy atom. The molecule has 0 aromatic heterocycles. The molecule has 15 heavy (non-hydrogen) atoms. The summed E-state index contributed by atoms with van der Waals surface area (Å²) in [6.07, 6.45) is 0.733. The molecule has 0 aliphatic carbocycles. The summed E-state index contributed by atoms with van der Waals surface area (Å²) in [7, 11) is 0. The molecule has 2 nitrogen and oxygen atoms in total. The maximum Gasteiger partial charge on any atom is 0.303 e. The Kier molecular flexibility index (Phi) is 4.43. The molecule has 0 heterocycles. The highest BCUT2D eigenvalue weighted by Crippen LogP contribution is 2.29. The van der Waals surface area contributed by atoms with Crippen molar-refractivity contribution >= 4 is 29.2 Å². The molecule has 0 bridgehead atoms. The van der Waals surface area contributed by atoms with Gasteiger partial charge >= 0.3 is 5.97 Å². The second-order valence-corrected chi connectivity index (χ2v) is 4.34. The summed E-state index contributed by atoms with van der Waals surface area (Å²) < 4.78 is 0. The minimum Gasteiger partial charge on any atom is -0.481 e. The van der Waals surface area contributed by atoms with E-state index < -0.39 is 5.97 Å². The summed E-state index contributed by atoms with van der Waals surface area (Å²) in [5, 5.41) is 9.76. The van der Waals surface area contributed by atoms with Crippen molar-refractivity contribution in [2.24, 2.45) is 0 Å². The molecule has 82 valence electrons. The largest absolute Gasteiger partial charge is 0.481 e. The van der Waals surface area contributed by atoms with Gasteiger partial charge in [0.25, 0.3) is 0 Å². The summed E-state index contributed by atoms with van der Waals surface area (Å²) in [5.74, 6) is -0.655. The first-order valence-corrected chi connectivity index (χ1v) is 5.43. The van der Waals surface area contributed by atoms with E-state index in [9.17, 15) is 4.79 Å². The van der Waals surface area contributed by atoms with Crippen LogP contribution in [0.2, 0.25) is 10.0 Å². The molecule has 1 unspecified atom stereocenters. The third kappa shape index (κ3) is 3.73. The van der Waals surface area contributed by atoms with Crippen molar-refractivity contribution in [3.8, 4) is 0 Å². The third-order valence-corrected chi connectivity index (χ3v) is 2.85. The van der Waals surface area contributed by atoms with E-state index in [0.717, 1.165) is 5.56 Å². The predicted molar refractivity (Wildman–Crippen MR) is 61.7 cm³/mol. The van der Waals surface area contributed by atoms with Crippen LogP contribution in [0, 0.1) is 0 Å². The summed E-state index contributed by atoms with van der Waals surface area (Å²) in [6.45, 7) is 1.96.